The molecule has 2 unspecified atom stereocenters. The van der Waals surface area contributed by atoms with Crippen LogP contribution in [-0.2, 0) is 6.42 Å². The Hall–Kier alpha value is -0.900. The highest BCUT2D eigenvalue weighted by Crippen LogP contribution is 2.38. The first-order chi connectivity index (χ1) is 8.20. The van der Waals surface area contributed by atoms with Crippen LogP contribution < -0.4 is 5.73 Å². The third-order valence-electron chi connectivity index (χ3n) is 3.71. The lowest BCUT2D eigenvalue weighted by Crippen LogP contribution is -2.17. The summed E-state index contributed by atoms with van der Waals surface area (Å²) in [5.41, 5.74) is 5.78. The first-order valence-electron chi connectivity index (χ1n) is 6.73. The number of hydrogen-bond donors (Lipinski definition) is 1. The quantitative estimate of drug-likeness (QED) is 0.854. The Balaban J connectivity index is 1.97. The van der Waals surface area contributed by atoms with E-state index in [-0.39, 0.29) is 0 Å². The number of aryl methyl sites for hydroxylation is 1. The summed E-state index contributed by atoms with van der Waals surface area (Å²) in [7, 11) is 0. The van der Waals surface area contributed by atoms with Crippen LogP contribution in [0.5, 0.6) is 0 Å². The third-order valence-corrected chi connectivity index (χ3v) is 3.71. The van der Waals surface area contributed by atoms with Crippen molar-refractivity contribution in [3.63, 3.8) is 0 Å². The highest BCUT2D eigenvalue weighted by Gasteiger charge is 2.31. The summed E-state index contributed by atoms with van der Waals surface area (Å²) in [6.45, 7) is 5.15. The fraction of sp³-hybridized carbons (Fsp3) is 0.846. The van der Waals surface area contributed by atoms with E-state index in [1.54, 1.807) is 0 Å². The molecule has 4 heteroatoms. The van der Waals surface area contributed by atoms with E-state index in [4.69, 9.17) is 10.3 Å². The normalized spacial score (nSPS) is 24.7. The zero-order valence-electron chi connectivity index (χ0n) is 10.9. The molecule has 0 amide bonds. The van der Waals surface area contributed by atoms with Crippen molar-refractivity contribution < 1.29 is 4.52 Å². The van der Waals surface area contributed by atoms with E-state index in [2.05, 4.69) is 24.0 Å². The minimum absolute atomic E-state index is 0.403. The van der Waals surface area contributed by atoms with Gasteiger partial charge in [0, 0.05) is 12.3 Å². The Morgan fingerprint density at radius 2 is 2.24 bits per heavy atom. The predicted octanol–water partition coefficient (Wildman–Crippen LogP) is 2.50. The molecule has 0 aliphatic heterocycles. The highest BCUT2D eigenvalue weighted by atomic mass is 16.5. The molecule has 2 N–H and O–H groups in total. The fourth-order valence-electron chi connectivity index (χ4n) is 2.58. The zero-order chi connectivity index (χ0) is 12.3. The maximum atomic E-state index is 5.78. The predicted molar refractivity (Wildman–Crippen MR) is 66.6 cm³/mol. The molecule has 1 heterocycles. The minimum atomic E-state index is 0.403. The summed E-state index contributed by atoms with van der Waals surface area (Å²) in [5, 5.41) is 4.07. The van der Waals surface area contributed by atoms with E-state index in [0.29, 0.717) is 17.8 Å². The van der Waals surface area contributed by atoms with Gasteiger partial charge in [-0.2, -0.15) is 4.98 Å². The lowest BCUT2D eigenvalue weighted by atomic mass is 9.96. The van der Waals surface area contributed by atoms with Gasteiger partial charge in [0.2, 0.25) is 5.89 Å². The molecule has 17 heavy (non-hydrogen) atoms. The van der Waals surface area contributed by atoms with E-state index in [0.717, 1.165) is 37.5 Å². The second-order valence-electron chi connectivity index (χ2n) is 5.51. The molecular formula is C13H23N3O. The molecule has 2 rings (SSSR count). The van der Waals surface area contributed by atoms with Gasteiger partial charge in [0.05, 0.1) is 0 Å². The molecule has 0 aromatic carbocycles. The lowest BCUT2D eigenvalue weighted by Gasteiger charge is -2.12. The van der Waals surface area contributed by atoms with Gasteiger partial charge < -0.3 is 10.3 Å². The Kier molecular flexibility index (Phi) is 4.15. The first-order valence-corrected chi connectivity index (χ1v) is 6.73. The van der Waals surface area contributed by atoms with E-state index >= 15 is 0 Å². The van der Waals surface area contributed by atoms with Crippen molar-refractivity contribution in [2.75, 3.05) is 6.54 Å². The third kappa shape index (κ3) is 3.06. The van der Waals surface area contributed by atoms with Crippen LogP contribution in [0.3, 0.4) is 0 Å². The van der Waals surface area contributed by atoms with Crippen molar-refractivity contribution in [2.45, 2.75) is 51.9 Å². The van der Waals surface area contributed by atoms with Crippen LogP contribution >= 0.6 is 0 Å². The molecule has 1 aromatic rings. The van der Waals surface area contributed by atoms with E-state index < -0.39 is 0 Å². The Labute approximate surface area is 103 Å². The smallest absolute Gasteiger partial charge is 0.230 e. The molecule has 2 atom stereocenters. The largest absolute Gasteiger partial charge is 0.339 e. The fourth-order valence-corrected chi connectivity index (χ4v) is 2.58. The molecule has 1 aliphatic rings. The molecular weight excluding hydrogens is 214 g/mol. The average molecular weight is 237 g/mol. The van der Waals surface area contributed by atoms with Crippen molar-refractivity contribution in [1.29, 1.82) is 0 Å². The molecule has 0 bridgehead atoms. The van der Waals surface area contributed by atoms with Crippen LogP contribution in [0.15, 0.2) is 4.52 Å². The van der Waals surface area contributed by atoms with Gasteiger partial charge in [-0.1, -0.05) is 25.4 Å². The molecule has 0 radical (unpaired) electrons. The summed E-state index contributed by atoms with van der Waals surface area (Å²) >= 11 is 0. The molecule has 1 fully saturated rings. The first kappa shape index (κ1) is 12.6. The molecule has 0 saturated heterocycles. The summed E-state index contributed by atoms with van der Waals surface area (Å²) in [5.74, 6) is 3.29. The maximum absolute atomic E-state index is 5.78. The summed E-state index contributed by atoms with van der Waals surface area (Å²) < 4.78 is 5.40. The van der Waals surface area contributed by atoms with Crippen molar-refractivity contribution >= 4 is 0 Å². The summed E-state index contributed by atoms with van der Waals surface area (Å²) in [6.07, 6.45) is 5.61. The van der Waals surface area contributed by atoms with Gasteiger partial charge in [-0.05, 0) is 37.6 Å². The summed E-state index contributed by atoms with van der Waals surface area (Å²) in [6, 6.07) is 0. The molecule has 96 valence electrons. The van der Waals surface area contributed by atoms with Gasteiger partial charge in [0.25, 0.3) is 0 Å². The molecule has 1 aliphatic carbocycles. The number of aromatic nitrogens is 2. The Morgan fingerprint density at radius 3 is 2.94 bits per heavy atom. The number of nitrogens with two attached hydrogens (primary N) is 1. The lowest BCUT2D eigenvalue weighted by molar-refractivity contribution is 0.322. The van der Waals surface area contributed by atoms with Gasteiger partial charge in [-0.25, -0.2) is 0 Å². The van der Waals surface area contributed by atoms with Crippen LogP contribution in [0.25, 0.3) is 0 Å². The van der Waals surface area contributed by atoms with Gasteiger partial charge in [-0.15, -0.1) is 0 Å². The molecule has 4 nitrogen and oxygen atoms in total. The number of nitrogens with zero attached hydrogens (tertiary/aromatic N) is 2. The monoisotopic (exact) mass is 237 g/mol. The maximum Gasteiger partial charge on any atom is 0.230 e. The standard InChI is InChI=1S/C13H23N3O/c1-9(2)6-7-12-15-13(17-16-12)11-5-3-4-10(11)8-14/h9-11H,3-8,14H2,1-2H3. The van der Waals surface area contributed by atoms with Crippen LogP contribution in [0, 0.1) is 11.8 Å². The highest BCUT2D eigenvalue weighted by molar-refractivity contribution is 5.00. The topological polar surface area (TPSA) is 64.9 Å². The van der Waals surface area contributed by atoms with Crippen molar-refractivity contribution in [2.24, 2.45) is 17.6 Å². The number of hydrogen-bond acceptors (Lipinski definition) is 4. The van der Waals surface area contributed by atoms with Gasteiger partial charge in [0.1, 0.15) is 0 Å². The molecule has 0 spiro atoms. The number of rotatable bonds is 5. The van der Waals surface area contributed by atoms with E-state index in [1.165, 1.54) is 12.8 Å². The van der Waals surface area contributed by atoms with Crippen molar-refractivity contribution in [3.05, 3.63) is 11.7 Å². The second kappa shape index (κ2) is 5.63. The Bertz CT molecular complexity index is 348. The van der Waals surface area contributed by atoms with E-state index in [1.807, 2.05) is 0 Å². The van der Waals surface area contributed by atoms with Crippen molar-refractivity contribution in [3.8, 4) is 0 Å². The minimum Gasteiger partial charge on any atom is -0.339 e. The van der Waals surface area contributed by atoms with Crippen LogP contribution in [-0.4, -0.2) is 16.7 Å². The van der Waals surface area contributed by atoms with Crippen molar-refractivity contribution in [1.82, 2.24) is 10.1 Å². The van der Waals surface area contributed by atoms with Gasteiger partial charge in [-0.3, -0.25) is 0 Å². The van der Waals surface area contributed by atoms with Gasteiger partial charge in [0.15, 0.2) is 5.82 Å². The molecule has 1 saturated carbocycles. The Morgan fingerprint density at radius 1 is 1.41 bits per heavy atom. The second-order valence-corrected chi connectivity index (χ2v) is 5.51. The zero-order valence-corrected chi connectivity index (χ0v) is 10.9. The average Bonchev–Trinajstić information content (AvgIpc) is 2.94. The van der Waals surface area contributed by atoms with Crippen LogP contribution in [0.4, 0.5) is 0 Å². The van der Waals surface area contributed by atoms with E-state index in [9.17, 15) is 0 Å². The van der Waals surface area contributed by atoms with Crippen LogP contribution in [0.2, 0.25) is 0 Å². The summed E-state index contributed by atoms with van der Waals surface area (Å²) in [4.78, 5) is 4.53. The van der Waals surface area contributed by atoms with Gasteiger partial charge >= 0.3 is 0 Å². The SMILES string of the molecule is CC(C)CCc1noc(C2CCCC2CN)n1. The van der Waals surface area contributed by atoms with Crippen LogP contribution in [0.1, 0.15) is 57.2 Å². The molecule has 1 aromatic heterocycles.